The van der Waals surface area contributed by atoms with Crippen LogP contribution in [0.1, 0.15) is 45.5 Å². The van der Waals surface area contributed by atoms with Gasteiger partial charge in [0.25, 0.3) is 0 Å². The number of anilines is 1. The number of nitrogens with zero attached hydrogens (tertiary/aromatic N) is 5. The van der Waals surface area contributed by atoms with Crippen LogP contribution >= 0.6 is 0 Å². The van der Waals surface area contributed by atoms with Crippen molar-refractivity contribution in [3.8, 4) is 11.1 Å². The van der Waals surface area contributed by atoms with Crippen molar-refractivity contribution in [3.63, 3.8) is 0 Å². The minimum absolute atomic E-state index is 0.329. The molecule has 2 N–H and O–H groups in total. The topological polar surface area (TPSA) is 84.3 Å². The highest BCUT2D eigenvalue weighted by molar-refractivity contribution is 5.95. The van der Waals surface area contributed by atoms with Crippen LogP contribution in [-0.2, 0) is 0 Å². The van der Waals surface area contributed by atoms with Gasteiger partial charge < -0.3 is 14.9 Å². The Kier molecular flexibility index (Phi) is 3.69. The van der Waals surface area contributed by atoms with Gasteiger partial charge in [0.1, 0.15) is 11.5 Å². The standard InChI is InChI=1S/C21H25N7/c1-12(2)28-13(3)26-19-17(28)7-14(8-22-19)15-9-23-18-16(15)10-24-20(27-18)25-11-21(4)5-6-21/h7-10,12H,5-6,11H2,1-4H3,(H2,23,24,25,27). The Labute approximate surface area is 163 Å². The number of imidazole rings is 1. The van der Waals surface area contributed by atoms with Gasteiger partial charge >= 0.3 is 0 Å². The van der Waals surface area contributed by atoms with Crippen LogP contribution in [0.4, 0.5) is 5.95 Å². The van der Waals surface area contributed by atoms with Crippen LogP contribution in [-0.4, -0.2) is 36.0 Å². The molecule has 1 saturated carbocycles. The lowest BCUT2D eigenvalue weighted by atomic mass is 10.1. The van der Waals surface area contributed by atoms with Crippen molar-refractivity contribution in [2.24, 2.45) is 5.41 Å². The molecule has 7 heteroatoms. The Hall–Kier alpha value is -2.96. The normalized spacial score (nSPS) is 15.6. The lowest BCUT2D eigenvalue weighted by molar-refractivity contribution is 0.600. The average Bonchev–Trinajstić information content (AvgIpc) is 3.11. The van der Waals surface area contributed by atoms with E-state index in [9.17, 15) is 0 Å². The molecule has 0 amide bonds. The number of aryl methyl sites for hydroxylation is 1. The number of pyridine rings is 1. The van der Waals surface area contributed by atoms with E-state index < -0.39 is 0 Å². The number of hydrogen-bond acceptors (Lipinski definition) is 5. The van der Waals surface area contributed by atoms with Crippen LogP contribution in [0.25, 0.3) is 33.3 Å². The van der Waals surface area contributed by atoms with E-state index in [4.69, 9.17) is 0 Å². The van der Waals surface area contributed by atoms with Gasteiger partial charge in [-0.2, -0.15) is 4.98 Å². The molecule has 0 bridgehead atoms. The zero-order chi connectivity index (χ0) is 19.5. The van der Waals surface area contributed by atoms with Crippen molar-refractivity contribution in [2.45, 2.75) is 46.6 Å². The third kappa shape index (κ3) is 2.82. The van der Waals surface area contributed by atoms with Crippen molar-refractivity contribution in [1.82, 2.24) is 29.5 Å². The number of H-pyrrole nitrogens is 1. The summed E-state index contributed by atoms with van der Waals surface area (Å²) in [6.07, 6.45) is 8.30. The first-order valence-corrected chi connectivity index (χ1v) is 9.86. The average molecular weight is 375 g/mol. The highest BCUT2D eigenvalue weighted by Crippen LogP contribution is 2.44. The molecule has 0 aromatic carbocycles. The molecule has 0 atom stereocenters. The zero-order valence-electron chi connectivity index (χ0n) is 16.7. The molecule has 28 heavy (non-hydrogen) atoms. The maximum atomic E-state index is 4.65. The summed E-state index contributed by atoms with van der Waals surface area (Å²) in [6, 6.07) is 2.49. The third-order valence-corrected chi connectivity index (χ3v) is 5.76. The number of rotatable bonds is 5. The Morgan fingerprint density at radius 1 is 1.21 bits per heavy atom. The molecule has 0 unspecified atom stereocenters. The van der Waals surface area contributed by atoms with Crippen molar-refractivity contribution in [2.75, 3.05) is 11.9 Å². The first kappa shape index (κ1) is 17.2. The second-order valence-corrected chi connectivity index (χ2v) is 8.51. The quantitative estimate of drug-likeness (QED) is 0.537. The van der Waals surface area contributed by atoms with Crippen molar-refractivity contribution in [3.05, 3.63) is 30.5 Å². The van der Waals surface area contributed by atoms with Crippen LogP contribution in [0.3, 0.4) is 0 Å². The molecular weight excluding hydrogens is 350 g/mol. The van der Waals surface area contributed by atoms with E-state index in [-0.39, 0.29) is 0 Å². The maximum absolute atomic E-state index is 4.65. The fraction of sp³-hybridized carbons (Fsp3) is 0.429. The molecule has 0 aliphatic heterocycles. The molecule has 5 rings (SSSR count). The summed E-state index contributed by atoms with van der Waals surface area (Å²) >= 11 is 0. The molecule has 4 aromatic rings. The fourth-order valence-corrected chi connectivity index (χ4v) is 3.80. The molecule has 1 aliphatic carbocycles. The summed E-state index contributed by atoms with van der Waals surface area (Å²) in [5.74, 6) is 1.66. The summed E-state index contributed by atoms with van der Waals surface area (Å²) in [4.78, 5) is 21.6. The van der Waals surface area contributed by atoms with Crippen molar-refractivity contribution in [1.29, 1.82) is 0 Å². The van der Waals surface area contributed by atoms with E-state index in [0.29, 0.717) is 17.4 Å². The van der Waals surface area contributed by atoms with Crippen molar-refractivity contribution < 1.29 is 0 Å². The number of fused-ring (bicyclic) bond motifs is 2. The number of nitrogens with one attached hydrogen (secondary N) is 2. The van der Waals surface area contributed by atoms with Gasteiger partial charge in [0, 0.05) is 47.7 Å². The minimum atomic E-state index is 0.329. The largest absolute Gasteiger partial charge is 0.354 e. The molecule has 1 fully saturated rings. The van der Waals surface area contributed by atoms with Crippen LogP contribution in [0, 0.1) is 12.3 Å². The Balaban J connectivity index is 1.52. The fourth-order valence-electron chi connectivity index (χ4n) is 3.80. The first-order valence-electron chi connectivity index (χ1n) is 9.86. The summed E-state index contributed by atoms with van der Waals surface area (Å²) < 4.78 is 2.22. The van der Waals surface area contributed by atoms with Crippen LogP contribution < -0.4 is 5.32 Å². The molecule has 0 saturated heterocycles. The number of aromatic amines is 1. The predicted octanol–water partition coefficient (Wildman–Crippen LogP) is 4.47. The number of aromatic nitrogens is 6. The monoisotopic (exact) mass is 375 g/mol. The molecule has 0 spiro atoms. The molecular formula is C21H25N7. The smallest absolute Gasteiger partial charge is 0.224 e. The molecule has 4 aromatic heterocycles. The maximum Gasteiger partial charge on any atom is 0.224 e. The minimum Gasteiger partial charge on any atom is -0.354 e. The van der Waals surface area contributed by atoms with E-state index in [1.54, 1.807) is 0 Å². The molecule has 1 aliphatic rings. The van der Waals surface area contributed by atoms with Gasteiger partial charge in [0.05, 0.1) is 5.52 Å². The summed E-state index contributed by atoms with van der Waals surface area (Å²) in [5.41, 5.74) is 5.18. The van der Waals surface area contributed by atoms with Crippen LogP contribution in [0.5, 0.6) is 0 Å². The van der Waals surface area contributed by atoms with E-state index in [2.05, 4.69) is 61.6 Å². The van der Waals surface area contributed by atoms with Crippen LogP contribution in [0.2, 0.25) is 0 Å². The van der Waals surface area contributed by atoms with Gasteiger partial charge in [-0.15, -0.1) is 0 Å². The van der Waals surface area contributed by atoms with Gasteiger partial charge in [-0.05, 0) is 45.1 Å². The summed E-state index contributed by atoms with van der Waals surface area (Å²) in [5, 5.41) is 4.37. The Morgan fingerprint density at radius 3 is 2.79 bits per heavy atom. The zero-order valence-corrected chi connectivity index (χ0v) is 16.7. The lowest BCUT2D eigenvalue weighted by Crippen LogP contribution is -2.13. The molecule has 0 radical (unpaired) electrons. The first-order chi connectivity index (χ1) is 13.4. The molecule has 7 nitrogen and oxygen atoms in total. The Morgan fingerprint density at radius 2 is 2.04 bits per heavy atom. The van der Waals surface area contributed by atoms with Gasteiger partial charge in [0.2, 0.25) is 5.95 Å². The predicted molar refractivity (Wildman–Crippen MR) is 111 cm³/mol. The Bertz CT molecular complexity index is 1180. The van der Waals surface area contributed by atoms with E-state index in [0.717, 1.165) is 45.7 Å². The van der Waals surface area contributed by atoms with Gasteiger partial charge in [-0.25, -0.2) is 15.0 Å². The van der Waals surface area contributed by atoms with Crippen molar-refractivity contribution >= 4 is 28.1 Å². The second kappa shape index (κ2) is 6.02. The number of hydrogen-bond donors (Lipinski definition) is 2. The van der Waals surface area contributed by atoms with E-state index >= 15 is 0 Å². The second-order valence-electron chi connectivity index (χ2n) is 8.51. The van der Waals surface area contributed by atoms with E-state index in [1.807, 2.05) is 25.5 Å². The highest BCUT2D eigenvalue weighted by atomic mass is 15.1. The van der Waals surface area contributed by atoms with Gasteiger partial charge in [-0.1, -0.05) is 6.92 Å². The lowest BCUT2D eigenvalue weighted by Gasteiger charge is -2.11. The van der Waals surface area contributed by atoms with E-state index in [1.165, 1.54) is 12.8 Å². The van der Waals surface area contributed by atoms with Crippen LogP contribution in [0.15, 0.2) is 24.7 Å². The van der Waals surface area contributed by atoms with Gasteiger partial charge in [-0.3, -0.25) is 0 Å². The molecule has 144 valence electrons. The highest BCUT2D eigenvalue weighted by Gasteiger charge is 2.36. The van der Waals surface area contributed by atoms with Gasteiger partial charge in [0.15, 0.2) is 5.65 Å². The molecule has 4 heterocycles. The summed E-state index contributed by atoms with van der Waals surface area (Å²) in [6.45, 7) is 9.56. The third-order valence-electron chi connectivity index (χ3n) is 5.76. The summed E-state index contributed by atoms with van der Waals surface area (Å²) in [7, 11) is 0. The SMILES string of the molecule is Cc1nc2ncc(-c3c[nH]c4nc(NCC5(C)CC5)ncc34)cc2n1C(C)C.